The van der Waals surface area contributed by atoms with Crippen molar-refractivity contribution in [3.63, 3.8) is 0 Å². The van der Waals surface area contributed by atoms with Crippen molar-refractivity contribution in [2.75, 3.05) is 13.2 Å². The zero-order valence-electron chi connectivity index (χ0n) is 16.7. The fourth-order valence-electron chi connectivity index (χ4n) is 2.50. The lowest BCUT2D eigenvalue weighted by atomic mass is 9.87. The summed E-state index contributed by atoms with van der Waals surface area (Å²) in [5, 5.41) is 4.05. The molecule has 27 heavy (non-hydrogen) atoms. The van der Waals surface area contributed by atoms with Gasteiger partial charge >= 0.3 is 0 Å². The highest BCUT2D eigenvalue weighted by molar-refractivity contribution is 5.95. The van der Waals surface area contributed by atoms with Gasteiger partial charge in [-0.25, -0.2) is 5.43 Å². The highest BCUT2D eigenvalue weighted by Crippen LogP contribution is 2.28. The van der Waals surface area contributed by atoms with E-state index in [4.69, 9.17) is 9.47 Å². The molecule has 0 bridgehead atoms. The van der Waals surface area contributed by atoms with Gasteiger partial charge in [0.2, 0.25) is 0 Å². The Labute approximate surface area is 161 Å². The summed E-state index contributed by atoms with van der Waals surface area (Å²) in [7, 11) is 0. The third kappa shape index (κ3) is 5.84. The van der Waals surface area contributed by atoms with E-state index in [1.165, 1.54) is 5.56 Å². The maximum absolute atomic E-state index is 12.2. The molecule has 0 aliphatic heterocycles. The average Bonchev–Trinajstić information content (AvgIpc) is 2.63. The lowest BCUT2D eigenvalue weighted by molar-refractivity contribution is 0.0955. The molecule has 2 rings (SSSR count). The second-order valence-electron chi connectivity index (χ2n) is 7.10. The van der Waals surface area contributed by atoms with Gasteiger partial charge in [-0.15, -0.1) is 0 Å². The zero-order valence-corrected chi connectivity index (χ0v) is 16.7. The van der Waals surface area contributed by atoms with Crippen molar-refractivity contribution in [1.29, 1.82) is 0 Å². The fourth-order valence-corrected chi connectivity index (χ4v) is 2.50. The molecule has 2 aromatic carbocycles. The van der Waals surface area contributed by atoms with Gasteiger partial charge in [-0.1, -0.05) is 32.9 Å². The van der Waals surface area contributed by atoms with Crippen LogP contribution < -0.4 is 14.9 Å². The third-order valence-corrected chi connectivity index (χ3v) is 3.96. The lowest BCUT2D eigenvalue weighted by Gasteiger charge is -2.18. The van der Waals surface area contributed by atoms with E-state index < -0.39 is 0 Å². The van der Waals surface area contributed by atoms with Gasteiger partial charge in [0.25, 0.3) is 5.91 Å². The number of benzene rings is 2. The van der Waals surface area contributed by atoms with Crippen LogP contribution >= 0.6 is 0 Å². The Bertz CT molecular complexity index is 790. The molecular weight excluding hydrogens is 340 g/mol. The van der Waals surface area contributed by atoms with E-state index >= 15 is 0 Å². The molecule has 0 aromatic heterocycles. The van der Waals surface area contributed by atoms with Crippen molar-refractivity contribution in [2.24, 2.45) is 5.10 Å². The summed E-state index contributed by atoms with van der Waals surface area (Å²) in [4.78, 5) is 12.2. The summed E-state index contributed by atoms with van der Waals surface area (Å²) < 4.78 is 11.1. The summed E-state index contributed by atoms with van der Waals surface area (Å²) in [5.74, 6) is 1.11. The molecule has 0 saturated heterocycles. The molecule has 0 spiro atoms. The Morgan fingerprint density at radius 2 is 1.63 bits per heavy atom. The third-order valence-electron chi connectivity index (χ3n) is 3.96. The predicted octanol–water partition coefficient (Wildman–Crippen LogP) is 4.55. The van der Waals surface area contributed by atoms with Gasteiger partial charge in [-0.2, -0.15) is 5.10 Å². The highest BCUT2D eigenvalue weighted by atomic mass is 16.5. The van der Waals surface area contributed by atoms with Crippen molar-refractivity contribution in [3.8, 4) is 11.5 Å². The number of nitrogens with zero attached hydrogens (tertiary/aromatic N) is 1. The number of hydrogen-bond acceptors (Lipinski definition) is 4. The smallest absolute Gasteiger partial charge is 0.271 e. The topological polar surface area (TPSA) is 59.9 Å². The van der Waals surface area contributed by atoms with Crippen LogP contribution in [0.15, 0.2) is 47.6 Å². The van der Waals surface area contributed by atoms with Crippen molar-refractivity contribution >= 4 is 12.1 Å². The highest BCUT2D eigenvalue weighted by Gasteiger charge is 2.14. The molecule has 0 saturated carbocycles. The van der Waals surface area contributed by atoms with Gasteiger partial charge in [0, 0.05) is 5.56 Å². The van der Waals surface area contributed by atoms with Gasteiger partial charge in [0.15, 0.2) is 11.5 Å². The Balaban J connectivity index is 2.04. The molecule has 5 heteroatoms. The minimum atomic E-state index is -0.248. The summed E-state index contributed by atoms with van der Waals surface area (Å²) in [6.45, 7) is 11.4. The van der Waals surface area contributed by atoms with Crippen LogP contribution in [0.25, 0.3) is 0 Å². The first-order valence-corrected chi connectivity index (χ1v) is 9.18. The standard InChI is InChI=1S/C22H28N2O3/c1-6-26-19-13-8-16(14-20(19)27-7-2)15-23-24-21(25)17-9-11-18(12-10-17)22(3,4)5/h8-15H,6-7H2,1-5H3,(H,24,25)/b23-15+. The number of hydrazone groups is 1. The zero-order chi connectivity index (χ0) is 19.9. The number of carbonyl (C=O) groups is 1. The first-order chi connectivity index (χ1) is 12.8. The molecule has 1 amide bonds. The summed E-state index contributed by atoms with van der Waals surface area (Å²) in [6.07, 6.45) is 1.58. The second-order valence-corrected chi connectivity index (χ2v) is 7.10. The number of carbonyl (C=O) groups excluding carboxylic acids is 1. The van der Waals surface area contributed by atoms with Gasteiger partial charge in [0.1, 0.15) is 0 Å². The molecular formula is C22H28N2O3. The van der Waals surface area contributed by atoms with Gasteiger partial charge < -0.3 is 9.47 Å². The minimum Gasteiger partial charge on any atom is -0.490 e. The molecule has 0 fully saturated rings. The van der Waals surface area contributed by atoms with Crippen LogP contribution in [0.4, 0.5) is 0 Å². The van der Waals surface area contributed by atoms with Crippen LogP contribution in [-0.2, 0) is 5.41 Å². The number of rotatable bonds is 7. The fraction of sp³-hybridized carbons (Fsp3) is 0.364. The Morgan fingerprint density at radius 1 is 1.00 bits per heavy atom. The van der Waals surface area contributed by atoms with Gasteiger partial charge in [-0.3, -0.25) is 4.79 Å². The Morgan fingerprint density at radius 3 is 2.22 bits per heavy atom. The first kappa shape index (κ1) is 20.5. The molecule has 5 nitrogen and oxygen atoms in total. The van der Waals surface area contributed by atoms with E-state index in [9.17, 15) is 4.79 Å². The minimum absolute atomic E-state index is 0.0546. The van der Waals surface area contributed by atoms with E-state index in [1.807, 2.05) is 56.3 Å². The molecule has 0 atom stereocenters. The quantitative estimate of drug-likeness (QED) is 0.576. The molecule has 1 N–H and O–H groups in total. The maximum atomic E-state index is 12.2. The van der Waals surface area contributed by atoms with E-state index in [0.717, 1.165) is 5.56 Å². The number of ether oxygens (including phenoxy) is 2. The molecule has 0 unspecified atom stereocenters. The molecule has 0 radical (unpaired) electrons. The Hall–Kier alpha value is -2.82. The average molecular weight is 368 g/mol. The monoisotopic (exact) mass is 368 g/mol. The molecule has 2 aromatic rings. The Kier molecular flexibility index (Phi) is 6.99. The van der Waals surface area contributed by atoms with Crippen LogP contribution in [0.2, 0.25) is 0 Å². The lowest BCUT2D eigenvalue weighted by Crippen LogP contribution is -2.18. The van der Waals surface area contributed by atoms with E-state index in [2.05, 4.69) is 31.3 Å². The normalized spacial score (nSPS) is 11.4. The van der Waals surface area contributed by atoms with Crippen molar-refractivity contribution in [2.45, 2.75) is 40.0 Å². The van der Waals surface area contributed by atoms with Crippen molar-refractivity contribution < 1.29 is 14.3 Å². The second kappa shape index (κ2) is 9.21. The first-order valence-electron chi connectivity index (χ1n) is 9.18. The summed E-state index contributed by atoms with van der Waals surface area (Å²) in [5.41, 5.74) is 5.17. The van der Waals surface area contributed by atoms with E-state index in [1.54, 1.807) is 6.21 Å². The van der Waals surface area contributed by atoms with Crippen LogP contribution in [0.1, 0.15) is 56.1 Å². The van der Waals surface area contributed by atoms with Crippen LogP contribution in [-0.4, -0.2) is 25.3 Å². The van der Waals surface area contributed by atoms with E-state index in [0.29, 0.717) is 30.3 Å². The molecule has 0 aliphatic carbocycles. The maximum Gasteiger partial charge on any atom is 0.271 e. The van der Waals surface area contributed by atoms with Gasteiger partial charge in [-0.05, 0) is 60.7 Å². The number of amides is 1. The van der Waals surface area contributed by atoms with Crippen molar-refractivity contribution in [3.05, 3.63) is 59.2 Å². The van der Waals surface area contributed by atoms with Crippen LogP contribution in [0, 0.1) is 0 Å². The number of hydrogen-bond donors (Lipinski definition) is 1. The summed E-state index contributed by atoms with van der Waals surface area (Å²) >= 11 is 0. The number of nitrogens with one attached hydrogen (secondary N) is 1. The molecule has 0 aliphatic rings. The SMILES string of the molecule is CCOc1ccc(/C=N/NC(=O)c2ccc(C(C)(C)C)cc2)cc1OCC. The van der Waals surface area contributed by atoms with E-state index in [-0.39, 0.29) is 11.3 Å². The van der Waals surface area contributed by atoms with Crippen molar-refractivity contribution in [1.82, 2.24) is 5.43 Å². The van der Waals surface area contributed by atoms with Crippen LogP contribution in [0.3, 0.4) is 0 Å². The van der Waals surface area contributed by atoms with Gasteiger partial charge in [0.05, 0.1) is 19.4 Å². The predicted molar refractivity (Wildman–Crippen MR) is 109 cm³/mol. The summed E-state index contributed by atoms with van der Waals surface area (Å²) in [6, 6.07) is 13.1. The molecule has 144 valence electrons. The largest absolute Gasteiger partial charge is 0.490 e. The van der Waals surface area contributed by atoms with Crippen LogP contribution in [0.5, 0.6) is 11.5 Å². The molecule has 0 heterocycles.